The lowest BCUT2D eigenvalue weighted by Gasteiger charge is -2.47. The van der Waals surface area contributed by atoms with Gasteiger partial charge in [0.25, 0.3) is 5.91 Å². The zero-order valence-electron chi connectivity index (χ0n) is 16.2. The number of carbonyl (C=O) groups excluding carboxylic acids is 3. The molecule has 154 valence electrons. The number of halogens is 1. The van der Waals surface area contributed by atoms with E-state index in [1.165, 1.54) is 6.07 Å². The molecular formula is C21H25FN4O3. The van der Waals surface area contributed by atoms with E-state index in [2.05, 4.69) is 15.5 Å². The number of Topliss-reactive ketones (excluding diaryl/α,β-unsaturated/α-hetero) is 1. The second-order valence-corrected chi connectivity index (χ2v) is 8.56. The molecule has 1 aromatic carbocycles. The van der Waals surface area contributed by atoms with Gasteiger partial charge >= 0.3 is 0 Å². The number of amides is 1. The molecule has 7 nitrogen and oxygen atoms in total. The maximum absolute atomic E-state index is 15.0. The molecule has 5 aliphatic rings. The molecule has 0 spiro atoms. The molecule has 0 radical (unpaired) electrons. The second-order valence-electron chi connectivity index (χ2n) is 8.56. The van der Waals surface area contributed by atoms with Crippen molar-refractivity contribution in [3.05, 3.63) is 29.1 Å². The largest absolute Gasteiger partial charge is 0.363 e. The van der Waals surface area contributed by atoms with Crippen molar-refractivity contribution >= 4 is 23.7 Å². The van der Waals surface area contributed by atoms with Gasteiger partial charge in [0, 0.05) is 55.4 Å². The number of rotatable bonds is 4. The van der Waals surface area contributed by atoms with Gasteiger partial charge in [0.1, 0.15) is 5.82 Å². The molecule has 1 amide bonds. The van der Waals surface area contributed by atoms with Gasteiger partial charge in [-0.05, 0) is 37.8 Å². The Balaban J connectivity index is 1.39. The molecule has 6 rings (SSSR count). The number of aldehydes is 1. The molecule has 29 heavy (non-hydrogen) atoms. The minimum absolute atomic E-state index is 0.0685. The molecule has 0 saturated carbocycles. The van der Waals surface area contributed by atoms with Gasteiger partial charge in [-0.25, -0.2) is 4.39 Å². The number of carbonyl (C=O) groups is 3. The third-order valence-corrected chi connectivity index (χ3v) is 6.98. The van der Waals surface area contributed by atoms with E-state index in [9.17, 15) is 18.8 Å². The zero-order valence-corrected chi connectivity index (χ0v) is 16.2. The van der Waals surface area contributed by atoms with Gasteiger partial charge in [-0.2, -0.15) is 0 Å². The number of ketones is 1. The first-order chi connectivity index (χ1) is 14.1. The number of benzene rings is 1. The van der Waals surface area contributed by atoms with Crippen LogP contribution >= 0.6 is 0 Å². The van der Waals surface area contributed by atoms with Crippen molar-refractivity contribution in [1.29, 1.82) is 0 Å². The van der Waals surface area contributed by atoms with Gasteiger partial charge in [-0.15, -0.1) is 0 Å². The molecule has 0 aromatic heterocycles. The first kappa shape index (κ1) is 18.7. The first-order valence-corrected chi connectivity index (χ1v) is 10.4. The summed E-state index contributed by atoms with van der Waals surface area (Å²) in [6, 6.07) is 3.12. The summed E-state index contributed by atoms with van der Waals surface area (Å²) in [4.78, 5) is 39.4. The molecule has 5 heterocycles. The zero-order chi connectivity index (χ0) is 20.1. The Kier molecular flexibility index (Phi) is 4.63. The number of nitrogens with zero attached hydrogens (tertiary/aromatic N) is 2. The monoisotopic (exact) mass is 400 g/mol. The fourth-order valence-corrected chi connectivity index (χ4v) is 5.39. The predicted molar refractivity (Wildman–Crippen MR) is 104 cm³/mol. The molecule has 1 aromatic rings. The van der Waals surface area contributed by atoms with Crippen molar-refractivity contribution in [3.63, 3.8) is 0 Å². The number of piperazine rings is 1. The number of anilines is 1. The molecule has 5 aliphatic heterocycles. The van der Waals surface area contributed by atoms with Crippen molar-refractivity contribution in [2.75, 3.05) is 24.5 Å². The van der Waals surface area contributed by atoms with E-state index in [4.69, 9.17) is 0 Å². The minimum atomic E-state index is -0.465. The third kappa shape index (κ3) is 3.05. The Morgan fingerprint density at radius 3 is 2.45 bits per heavy atom. The third-order valence-electron chi connectivity index (χ3n) is 6.98. The highest BCUT2D eigenvalue weighted by Gasteiger charge is 2.41. The van der Waals surface area contributed by atoms with Crippen molar-refractivity contribution in [1.82, 2.24) is 15.5 Å². The number of hydrogen-bond donors (Lipinski definition) is 2. The minimum Gasteiger partial charge on any atom is -0.363 e. The molecule has 4 atom stereocenters. The lowest BCUT2D eigenvalue weighted by Crippen LogP contribution is -2.61. The summed E-state index contributed by atoms with van der Waals surface area (Å²) in [5, 5.41) is 6.58. The van der Waals surface area contributed by atoms with E-state index in [0.29, 0.717) is 49.5 Å². The summed E-state index contributed by atoms with van der Waals surface area (Å²) >= 11 is 0. The normalized spacial score (nSPS) is 31.1. The topological polar surface area (TPSA) is 81.8 Å². The van der Waals surface area contributed by atoms with Crippen LogP contribution in [0.2, 0.25) is 0 Å². The summed E-state index contributed by atoms with van der Waals surface area (Å²) < 4.78 is 15.0. The highest BCUT2D eigenvalue weighted by atomic mass is 19.1. The number of piperidine rings is 3. The van der Waals surface area contributed by atoms with Crippen molar-refractivity contribution < 1.29 is 18.8 Å². The average Bonchev–Trinajstić information content (AvgIpc) is 3.10. The number of hydrogen-bond acceptors (Lipinski definition) is 6. The highest BCUT2D eigenvalue weighted by molar-refractivity contribution is 6.27. The van der Waals surface area contributed by atoms with E-state index < -0.39 is 11.8 Å². The van der Waals surface area contributed by atoms with Gasteiger partial charge in [0.05, 0.1) is 11.7 Å². The lowest BCUT2D eigenvalue weighted by atomic mass is 9.91. The van der Waals surface area contributed by atoms with E-state index in [1.807, 2.05) is 0 Å². The average molecular weight is 400 g/mol. The number of fused-ring (bicyclic) bond motifs is 4. The van der Waals surface area contributed by atoms with E-state index in [0.717, 1.165) is 31.5 Å². The van der Waals surface area contributed by atoms with E-state index >= 15 is 0 Å². The van der Waals surface area contributed by atoms with E-state index in [-0.39, 0.29) is 23.8 Å². The quantitative estimate of drug-likeness (QED) is 0.569. The SMILES string of the molecule is O=CC(=O)C1CCC(N2Cc3c(ccc(F)c3N3CC4CCC3CN4)C2=O)CN1. The van der Waals surface area contributed by atoms with Crippen LogP contribution in [0.3, 0.4) is 0 Å². The molecule has 2 N–H and O–H groups in total. The molecule has 2 bridgehead atoms. The van der Waals surface area contributed by atoms with Crippen LogP contribution in [0.1, 0.15) is 41.6 Å². The Labute approximate surface area is 168 Å². The van der Waals surface area contributed by atoms with Gasteiger partial charge < -0.3 is 20.4 Å². The predicted octanol–water partition coefficient (Wildman–Crippen LogP) is 0.611. The summed E-state index contributed by atoms with van der Waals surface area (Å²) in [6.45, 7) is 2.47. The Hall–Kier alpha value is -2.32. The molecule has 0 aliphatic carbocycles. The van der Waals surface area contributed by atoms with Crippen molar-refractivity contribution in [2.24, 2.45) is 0 Å². The smallest absolute Gasteiger partial charge is 0.254 e. The van der Waals surface area contributed by atoms with Crippen molar-refractivity contribution in [3.8, 4) is 0 Å². The Morgan fingerprint density at radius 2 is 1.83 bits per heavy atom. The van der Waals surface area contributed by atoms with Gasteiger partial charge in [-0.3, -0.25) is 14.4 Å². The van der Waals surface area contributed by atoms with Crippen LogP contribution in [0.4, 0.5) is 10.1 Å². The Morgan fingerprint density at radius 1 is 1.07 bits per heavy atom. The van der Waals surface area contributed by atoms with Gasteiger partial charge in [0.15, 0.2) is 6.29 Å². The highest BCUT2D eigenvalue weighted by Crippen LogP contribution is 2.39. The van der Waals surface area contributed by atoms with Crippen LogP contribution in [0.5, 0.6) is 0 Å². The van der Waals surface area contributed by atoms with Gasteiger partial charge in [0.2, 0.25) is 5.78 Å². The maximum atomic E-state index is 15.0. The fraction of sp³-hybridized carbons (Fsp3) is 0.571. The fourth-order valence-electron chi connectivity index (χ4n) is 5.39. The summed E-state index contributed by atoms with van der Waals surface area (Å²) in [7, 11) is 0. The van der Waals surface area contributed by atoms with Crippen LogP contribution in [-0.2, 0) is 16.1 Å². The van der Waals surface area contributed by atoms with Crippen LogP contribution < -0.4 is 15.5 Å². The second kappa shape index (κ2) is 7.18. The first-order valence-electron chi connectivity index (χ1n) is 10.4. The standard InChI is InChI=1S/C21H25FN4O3/c22-17-5-4-15-16(20(17)25-9-12-1-2-13(25)7-23-12)10-26(21(15)29)14-3-6-18(24-8-14)19(28)11-27/h4-5,11-14,18,23-24H,1-3,6-10H2. The van der Waals surface area contributed by atoms with Crippen LogP contribution in [-0.4, -0.2) is 66.7 Å². The van der Waals surface area contributed by atoms with Crippen LogP contribution in [0.25, 0.3) is 0 Å². The molecule has 4 saturated heterocycles. The van der Waals surface area contributed by atoms with Crippen LogP contribution in [0, 0.1) is 5.82 Å². The lowest BCUT2D eigenvalue weighted by molar-refractivity contribution is -0.131. The number of nitrogens with one attached hydrogen (secondary N) is 2. The molecular weight excluding hydrogens is 375 g/mol. The Bertz CT molecular complexity index is 860. The maximum Gasteiger partial charge on any atom is 0.254 e. The molecule has 4 unspecified atom stereocenters. The van der Waals surface area contributed by atoms with Crippen LogP contribution in [0.15, 0.2) is 12.1 Å². The molecule has 8 heteroatoms. The summed E-state index contributed by atoms with van der Waals surface area (Å²) in [6.07, 6.45) is 3.66. The van der Waals surface area contributed by atoms with Crippen molar-refractivity contribution in [2.45, 2.75) is 56.4 Å². The van der Waals surface area contributed by atoms with Gasteiger partial charge in [-0.1, -0.05) is 0 Å². The summed E-state index contributed by atoms with van der Waals surface area (Å²) in [5.74, 6) is -0.782. The summed E-state index contributed by atoms with van der Waals surface area (Å²) in [5.41, 5.74) is 1.96. The molecule has 4 fully saturated rings. The van der Waals surface area contributed by atoms with E-state index in [1.54, 1.807) is 11.0 Å².